The molecule has 1 aliphatic heterocycles. The van der Waals surface area contributed by atoms with Gasteiger partial charge in [0, 0.05) is 30.0 Å². The lowest BCUT2D eigenvalue weighted by Gasteiger charge is -2.26. The van der Waals surface area contributed by atoms with Crippen LogP contribution in [0.2, 0.25) is 0 Å². The summed E-state index contributed by atoms with van der Waals surface area (Å²) in [5.74, 6) is 0.660. The molecule has 6 heteroatoms. The van der Waals surface area contributed by atoms with Crippen LogP contribution in [0.15, 0.2) is 48.5 Å². The van der Waals surface area contributed by atoms with Crippen molar-refractivity contribution in [3.63, 3.8) is 0 Å². The summed E-state index contributed by atoms with van der Waals surface area (Å²) in [7, 11) is 0. The highest BCUT2D eigenvalue weighted by molar-refractivity contribution is 5.98. The topological polar surface area (TPSA) is 70.7 Å². The van der Waals surface area contributed by atoms with Crippen molar-refractivity contribution in [3.8, 4) is 5.75 Å². The fraction of sp³-hybridized carbons (Fsp3) is 0.364. The maximum atomic E-state index is 12.6. The van der Waals surface area contributed by atoms with Crippen LogP contribution in [0.1, 0.15) is 36.5 Å². The number of ether oxygens (including phenoxy) is 1. The number of amides is 2. The lowest BCUT2D eigenvalue weighted by atomic mass is 10.1. The molecule has 2 aromatic carbocycles. The molecule has 0 atom stereocenters. The highest BCUT2D eigenvalue weighted by atomic mass is 16.5. The summed E-state index contributed by atoms with van der Waals surface area (Å²) < 4.78 is 5.40. The van der Waals surface area contributed by atoms with Gasteiger partial charge in [-0.05, 0) is 68.7 Å². The third kappa shape index (κ3) is 5.49. The normalized spacial score (nSPS) is 13.7. The number of hydrogen-bond donors (Lipinski definition) is 2. The van der Waals surface area contributed by atoms with Crippen molar-refractivity contribution in [2.75, 3.05) is 36.9 Å². The molecular weight excluding hydrogens is 354 g/mol. The van der Waals surface area contributed by atoms with Crippen molar-refractivity contribution in [1.29, 1.82) is 0 Å². The van der Waals surface area contributed by atoms with Gasteiger partial charge in [0.25, 0.3) is 5.91 Å². The van der Waals surface area contributed by atoms with E-state index in [2.05, 4.69) is 10.6 Å². The number of nitrogens with one attached hydrogen (secondary N) is 2. The molecule has 3 rings (SSSR count). The Balaban J connectivity index is 1.53. The van der Waals surface area contributed by atoms with Crippen LogP contribution >= 0.6 is 0 Å². The van der Waals surface area contributed by atoms with E-state index in [1.54, 1.807) is 24.3 Å². The molecule has 1 saturated heterocycles. The van der Waals surface area contributed by atoms with Gasteiger partial charge in [-0.15, -0.1) is 0 Å². The molecule has 0 radical (unpaired) electrons. The largest absolute Gasteiger partial charge is 0.494 e. The first-order valence-electron chi connectivity index (χ1n) is 9.81. The van der Waals surface area contributed by atoms with Crippen LogP contribution in [0, 0.1) is 0 Å². The van der Waals surface area contributed by atoms with Gasteiger partial charge in [0.2, 0.25) is 5.91 Å². The van der Waals surface area contributed by atoms with Crippen molar-refractivity contribution in [3.05, 3.63) is 54.1 Å². The predicted molar refractivity (Wildman–Crippen MR) is 111 cm³/mol. The van der Waals surface area contributed by atoms with E-state index >= 15 is 0 Å². The molecule has 1 heterocycles. The quantitative estimate of drug-likeness (QED) is 0.766. The predicted octanol–water partition coefficient (Wildman–Crippen LogP) is 3.76. The van der Waals surface area contributed by atoms with Crippen LogP contribution in [-0.4, -0.2) is 43.0 Å². The Bertz CT molecular complexity index is 799. The van der Waals surface area contributed by atoms with Gasteiger partial charge >= 0.3 is 0 Å². The van der Waals surface area contributed by atoms with Crippen molar-refractivity contribution < 1.29 is 14.3 Å². The van der Waals surface area contributed by atoms with E-state index in [9.17, 15) is 9.59 Å². The number of piperidine rings is 1. The van der Waals surface area contributed by atoms with Crippen molar-refractivity contribution in [1.82, 2.24) is 4.90 Å². The Morgan fingerprint density at radius 3 is 2.46 bits per heavy atom. The van der Waals surface area contributed by atoms with E-state index < -0.39 is 0 Å². The monoisotopic (exact) mass is 381 g/mol. The van der Waals surface area contributed by atoms with E-state index in [-0.39, 0.29) is 18.4 Å². The molecular formula is C22H27N3O3. The Kier molecular flexibility index (Phi) is 6.89. The molecule has 1 aliphatic rings. The molecule has 0 aromatic heterocycles. The minimum Gasteiger partial charge on any atom is -0.494 e. The highest BCUT2D eigenvalue weighted by Gasteiger charge is 2.18. The van der Waals surface area contributed by atoms with Crippen LogP contribution in [0.4, 0.5) is 11.4 Å². The molecule has 6 nitrogen and oxygen atoms in total. The Morgan fingerprint density at radius 2 is 1.75 bits per heavy atom. The number of benzene rings is 2. The number of hydrogen-bond acceptors (Lipinski definition) is 4. The number of carbonyl (C=O) groups excluding carboxylic acids is 2. The molecule has 148 valence electrons. The summed E-state index contributed by atoms with van der Waals surface area (Å²) in [6.45, 7) is 4.31. The first-order valence-corrected chi connectivity index (χ1v) is 9.81. The number of likely N-dealkylation sites (tertiary alicyclic amines) is 1. The molecule has 2 amide bonds. The van der Waals surface area contributed by atoms with Gasteiger partial charge in [-0.2, -0.15) is 0 Å². The van der Waals surface area contributed by atoms with E-state index in [0.717, 1.165) is 37.4 Å². The lowest BCUT2D eigenvalue weighted by Crippen LogP contribution is -2.35. The first-order chi connectivity index (χ1) is 13.7. The van der Waals surface area contributed by atoms with Gasteiger partial charge in [0.05, 0.1) is 13.2 Å². The summed E-state index contributed by atoms with van der Waals surface area (Å²) in [5.41, 5.74) is 2.08. The van der Waals surface area contributed by atoms with Crippen LogP contribution in [0.25, 0.3) is 0 Å². The van der Waals surface area contributed by atoms with Gasteiger partial charge in [0.15, 0.2) is 0 Å². The van der Waals surface area contributed by atoms with Crippen molar-refractivity contribution >= 4 is 23.2 Å². The Hall–Kier alpha value is -3.02. The van der Waals surface area contributed by atoms with Crippen LogP contribution in [-0.2, 0) is 4.79 Å². The molecule has 1 fully saturated rings. The molecule has 0 spiro atoms. The molecule has 2 aromatic rings. The first kappa shape index (κ1) is 19.7. The number of carbonyl (C=O) groups is 2. The van der Waals surface area contributed by atoms with Crippen LogP contribution < -0.4 is 15.4 Å². The Morgan fingerprint density at radius 1 is 1.00 bits per heavy atom. The maximum absolute atomic E-state index is 12.6. The summed E-state index contributed by atoms with van der Waals surface area (Å²) in [4.78, 5) is 26.7. The highest BCUT2D eigenvalue weighted by Crippen LogP contribution is 2.17. The summed E-state index contributed by atoms with van der Waals surface area (Å²) in [5, 5.41) is 5.93. The standard InChI is InChI=1S/C22H27N3O3/c1-2-28-20-11-9-18(10-12-20)23-16-21(26)24-19-8-6-7-17(15-19)22(27)25-13-4-3-5-14-25/h6-12,15,23H,2-5,13-14,16H2,1H3,(H,24,26). The maximum Gasteiger partial charge on any atom is 0.253 e. The summed E-state index contributed by atoms with van der Waals surface area (Å²) in [6.07, 6.45) is 3.29. The fourth-order valence-electron chi connectivity index (χ4n) is 3.23. The molecule has 0 bridgehead atoms. The van der Waals surface area contributed by atoms with Crippen LogP contribution in [0.5, 0.6) is 5.75 Å². The Labute approximate surface area is 165 Å². The third-order valence-electron chi connectivity index (χ3n) is 4.65. The minimum absolute atomic E-state index is 0.0308. The van der Waals surface area contributed by atoms with Crippen molar-refractivity contribution in [2.45, 2.75) is 26.2 Å². The minimum atomic E-state index is -0.170. The van der Waals surface area contributed by atoms with Gasteiger partial charge in [-0.1, -0.05) is 6.07 Å². The number of rotatable bonds is 7. The molecule has 0 aliphatic carbocycles. The molecule has 28 heavy (non-hydrogen) atoms. The average molecular weight is 381 g/mol. The van der Waals surface area contributed by atoms with Gasteiger partial charge < -0.3 is 20.3 Å². The lowest BCUT2D eigenvalue weighted by molar-refractivity contribution is -0.114. The third-order valence-corrected chi connectivity index (χ3v) is 4.65. The number of anilines is 2. The van der Waals surface area contributed by atoms with E-state index in [1.807, 2.05) is 36.1 Å². The summed E-state index contributed by atoms with van der Waals surface area (Å²) in [6, 6.07) is 14.6. The van der Waals surface area contributed by atoms with E-state index in [4.69, 9.17) is 4.74 Å². The van der Waals surface area contributed by atoms with Crippen LogP contribution in [0.3, 0.4) is 0 Å². The van der Waals surface area contributed by atoms with E-state index in [0.29, 0.717) is 17.9 Å². The smallest absolute Gasteiger partial charge is 0.253 e. The SMILES string of the molecule is CCOc1ccc(NCC(=O)Nc2cccc(C(=O)N3CCCCC3)c2)cc1. The van der Waals surface area contributed by atoms with Gasteiger partial charge in [-0.3, -0.25) is 9.59 Å². The molecule has 2 N–H and O–H groups in total. The molecule has 0 unspecified atom stereocenters. The number of nitrogens with zero attached hydrogens (tertiary/aromatic N) is 1. The average Bonchev–Trinajstić information content (AvgIpc) is 2.74. The fourth-order valence-corrected chi connectivity index (χ4v) is 3.23. The van der Waals surface area contributed by atoms with E-state index in [1.165, 1.54) is 6.42 Å². The summed E-state index contributed by atoms with van der Waals surface area (Å²) >= 11 is 0. The second-order valence-corrected chi connectivity index (χ2v) is 6.79. The zero-order valence-corrected chi connectivity index (χ0v) is 16.2. The molecule has 0 saturated carbocycles. The zero-order chi connectivity index (χ0) is 19.8. The van der Waals surface area contributed by atoms with Gasteiger partial charge in [0.1, 0.15) is 5.75 Å². The second kappa shape index (κ2) is 9.78. The van der Waals surface area contributed by atoms with Crippen molar-refractivity contribution in [2.24, 2.45) is 0 Å². The van der Waals surface area contributed by atoms with Gasteiger partial charge in [-0.25, -0.2) is 0 Å². The second-order valence-electron chi connectivity index (χ2n) is 6.79. The zero-order valence-electron chi connectivity index (χ0n) is 16.2.